The van der Waals surface area contributed by atoms with Crippen molar-refractivity contribution in [2.75, 3.05) is 5.32 Å². The first-order chi connectivity index (χ1) is 9.86. The third kappa shape index (κ3) is 2.96. The van der Waals surface area contributed by atoms with Gasteiger partial charge < -0.3 is 5.32 Å². The number of nitrogens with two attached hydrogens (primary N) is 1. The SMILES string of the molecule is NNC(=NC1CCCC1)Nc1cccc2c1CCCC2. The molecule has 4 heteroatoms. The molecule has 0 bridgehead atoms. The lowest BCUT2D eigenvalue weighted by molar-refractivity contribution is 0.686. The van der Waals surface area contributed by atoms with Gasteiger partial charge in [0.15, 0.2) is 0 Å². The molecule has 0 saturated heterocycles. The smallest absolute Gasteiger partial charge is 0.210 e. The van der Waals surface area contributed by atoms with E-state index in [0.717, 1.165) is 12.1 Å². The fourth-order valence-electron chi connectivity index (χ4n) is 3.35. The van der Waals surface area contributed by atoms with E-state index in [2.05, 4.69) is 28.9 Å². The molecule has 2 aliphatic carbocycles. The average molecular weight is 272 g/mol. The van der Waals surface area contributed by atoms with Gasteiger partial charge in [-0.05, 0) is 55.7 Å². The van der Waals surface area contributed by atoms with Crippen LogP contribution in [-0.2, 0) is 12.8 Å². The van der Waals surface area contributed by atoms with Crippen molar-refractivity contribution in [1.29, 1.82) is 0 Å². The van der Waals surface area contributed by atoms with Crippen molar-refractivity contribution in [2.24, 2.45) is 10.8 Å². The summed E-state index contributed by atoms with van der Waals surface area (Å²) in [4.78, 5) is 4.71. The lowest BCUT2D eigenvalue weighted by Gasteiger charge is -2.21. The minimum Gasteiger partial charge on any atom is -0.325 e. The average Bonchev–Trinajstić information content (AvgIpc) is 3.00. The normalized spacial score (nSPS) is 19.8. The number of anilines is 1. The van der Waals surface area contributed by atoms with Crippen LogP contribution in [0, 0.1) is 0 Å². The topological polar surface area (TPSA) is 62.4 Å². The maximum Gasteiger partial charge on any atom is 0.210 e. The van der Waals surface area contributed by atoms with Crippen LogP contribution in [-0.4, -0.2) is 12.0 Å². The number of fused-ring (bicyclic) bond motifs is 1. The number of aryl methyl sites for hydroxylation is 1. The fourth-order valence-corrected chi connectivity index (χ4v) is 3.35. The van der Waals surface area contributed by atoms with Crippen LogP contribution >= 0.6 is 0 Å². The second-order valence-corrected chi connectivity index (χ2v) is 5.84. The number of hydrogen-bond acceptors (Lipinski definition) is 2. The Kier molecular flexibility index (Phi) is 4.21. The number of nitrogens with zero attached hydrogens (tertiary/aromatic N) is 1. The second kappa shape index (κ2) is 6.27. The third-order valence-electron chi connectivity index (χ3n) is 4.42. The minimum atomic E-state index is 0.424. The van der Waals surface area contributed by atoms with Crippen molar-refractivity contribution < 1.29 is 0 Å². The zero-order valence-electron chi connectivity index (χ0n) is 12.0. The Labute approximate surface area is 120 Å². The van der Waals surface area contributed by atoms with Crippen molar-refractivity contribution in [3.8, 4) is 0 Å². The highest BCUT2D eigenvalue weighted by atomic mass is 15.3. The molecule has 0 radical (unpaired) electrons. The Balaban J connectivity index is 1.78. The molecule has 1 saturated carbocycles. The molecule has 0 unspecified atom stereocenters. The van der Waals surface area contributed by atoms with Gasteiger partial charge >= 0.3 is 0 Å². The van der Waals surface area contributed by atoms with Gasteiger partial charge in [0.05, 0.1) is 6.04 Å². The number of rotatable bonds is 2. The van der Waals surface area contributed by atoms with Gasteiger partial charge in [0.2, 0.25) is 5.96 Å². The predicted molar refractivity (Wildman–Crippen MR) is 83.7 cm³/mol. The Bertz CT molecular complexity index is 489. The largest absolute Gasteiger partial charge is 0.325 e. The molecule has 2 aliphatic rings. The molecule has 1 fully saturated rings. The number of guanidine groups is 1. The molecule has 0 amide bonds. The number of nitrogens with one attached hydrogen (secondary N) is 2. The standard InChI is InChI=1S/C16H24N4/c17-20-16(18-13-8-2-3-9-13)19-15-11-5-7-12-6-1-4-10-14(12)15/h5,7,11,13H,1-4,6,8-10,17H2,(H2,18,19,20). The van der Waals surface area contributed by atoms with Gasteiger partial charge in [0, 0.05) is 5.69 Å². The van der Waals surface area contributed by atoms with E-state index in [-0.39, 0.29) is 0 Å². The quantitative estimate of drug-likeness (QED) is 0.336. The summed E-state index contributed by atoms with van der Waals surface area (Å²) in [6, 6.07) is 6.92. The summed E-state index contributed by atoms with van der Waals surface area (Å²) >= 11 is 0. The van der Waals surface area contributed by atoms with Crippen molar-refractivity contribution >= 4 is 11.6 Å². The predicted octanol–water partition coefficient (Wildman–Crippen LogP) is 2.74. The van der Waals surface area contributed by atoms with E-state index in [4.69, 9.17) is 10.8 Å². The third-order valence-corrected chi connectivity index (χ3v) is 4.42. The maximum atomic E-state index is 5.63. The van der Waals surface area contributed by atoms with Gasteiger partial charge in [-0.1, -0.05) is 25.0 Å². The van der Waals surface area contributed by atoms with Crippen molar-refractivity contribution in [3.63, 3.8) is 0 Å². The zero-order valence-corrected chi connectivity index (χ0v) is 12.0. The van der Waals surface area contributed by atoms with Crippen LogP contribution in [0.5, 0.6) is 0 Å². The molecule has 4 nitrogen and oxygen atoms in total. The minimum absolute atomic E-state index is 0.424. The molecule has 108 valence electrons. The molecule has 3 rings (SSSR count). The Hall–Kier alpha value is -1.55. The van der Waals surface area contributed by atoms with Crippen LogP contribution in [0.4, 0.5) is 5.69 Å². The molecule has 4 N–H and O–H groups in total. The summed E-state index contributed by atoms with van der Waals surface area (Å²) in [5.74, 6) is 6.34. The Morgan fingerprint density at radius 1 is 1.10 bits per heavy atom. The van der Waals surface area contributed by atoms with E-state index in [1.54, 1.807) is 0 Å². The molecule has 0 heterocycles. The molecular weight excluding hydrogens is 248 g/mol. The van der Waals surface area contributed by atoms with Crippen LogP contribution < -0.4 is 16.6 Å². The molecule has 0 aliphatic heterocycles. The summed E-state index contributed by atoms with van der Waals surface area (Å²) < 4.78 is 0. The van der Waals surface area contributed by atoms with E-state index < -0.39 is 0 Å². The zero-order chi connectivity index (χ0) is 13.8. The van der Waals surface area contributed by atoms with E-state index in [9.17, 15) is 0 Å². The van der Waals surface area contributed by atoms with Crippen LogP contribution in [0.1, 0.15) is 49.7 Å². The van der Waals surface area contributed by atoms with Gasteiger partial charge in [-0.25, -0.2) is 10.8 Å². The highest BCUT2D eigenvalue weighted by Gasteiger charge is 2.16. The van der Waals surface area contributed by atoms with Gasteiger partial charge in [-0.3, -0.25) is 5.43 Å². The Morgan fingerprint density at radius 2 is 1.90 bits per heavy atom. The fraction of sp³-hybridized carbons (Fsp3) is 0.562. The molecule has 0 atom stereocenters. The summed E-state index contributed by atoms with van der Waals surface area (Å²) in [5.41, 5.74) is 6.80. The van der Waals surface area contributed by atoms with Gasteiger partial charge in [0.25, 0.3) is 0 Å². The van der Waals surface area contributed by atoms with E-state index in [1.807, 2.05) is 0 Å². The molecule has 0 spiro atoms. The van der Waals surface area contributed by atoms with Crippen molar-refractivity contribution in [2.45, 2.75) is 57.4 Å². The first kappa shape index (κ1) is 13.4. The van der Waals surface area contributed by atoms with Crippen LogP contribution in [0.3, 0.4) is 0 Å². The van der Waals surface area contributed by atoms with Crippen LogP contribution in [0.2, 0.25) is 0 Å². The highest BCUT2D eigenvalue weighted by molar-refractivity contribution is 5.94. The molecule has 20 heavy (non-hydrogen) atoms. The van der Waals surface area contributed by atoms with Crippen molar-refractivity contribution in [3.05, 3.63) is 29.3 Å². The lowest BCUT2D eigenvalue weighted by Crippen LogP contribution is -2.37. The van der Waals surface area contributed by atoms with Gasteiger partial charge in [-0.15, -0.1) is 0 Å². The van der Waals surface area contributed by atoms with Gasteiger partial charge in [-0.2, -0.15) is 0 Å². The second-order valence-electron chi connectivity index (χ2n) is 5.84. The summed E-state index contributed by atoms with van der Waals surface area (Å²) in [6.07, 6.45) is 9.85. The summed E-state index contributed by atoms with van der Waals surface area (Å²) in [5, 5.41) is 3.40. The van der Waals surface area contributed by atoms with Crippen molar-refractivity contribution in [1.82, 2.24) is 5.43 Å². The van der Waals surface area contributed by atoms with Crippen LogP contribution in [0.15, 0.2) is 23.2 Å². The maximum absolute atomic E-state index is 5.63. The number of hydrazine groups is 1. The first-order valence-corrected chi connectivity index (χ1v) is 7.79. The molecule has 0 aromatic heterocycles. The number of benzene rings is 1. The first-order valence-electron chi connectivity index (χ1n) is 7.79. The summed E-state index contributed by atoms with van der Waals surface area (Å²) in [7, 11) is 0. The van der Waals surface area contributed by atoms with E-state index in [1.165, 1.54) is 56.1 Å². The highest BCUT2D eigenvalue weighted by Crippen LogP contribution is 2.28. The lowest BCUT2D eigenvalue weighted by atomic mass is 9.90. The van der Waals surface area contributed by atoms with Crippen LogP contribution in [0.25, 0.3) is 0 Å². The number of hydrogen-bond donors (Lipinski definition) is 3. The van der Waals surface area contributed by atoms with E-state index >= 15 is 0 Å². The number of aliphatic imine (C=N–C) groups is 1. The molecular formula is C16H24N4. The van der Waals surface area contributed by atoms with E-state index in [0.29, 0.717) is 12.0 Å². The molecule has 1 aromatic carbocycles. The van der Waals surface area contributed by atoms with Gasteiger partial charge in [0.1, 0.15) is 0 Å². The monoisotopic (exact) mass is 272 g/mol. The molecule has 1 aromatic rings. The summed E-state index contributed by atoms with van der Waals surface area (Å²) in [6.45, 7) is 0. The Morgan fingerprint density at radius 3 is 2.70 bits per heavy atom.